The molecular weight excluding hydrogens is 330 g/mol. The highest BCUT2D eigenvalue weighted by atomic mass is 16.5. The molecule has 1 aromatic heterocycles. The molecule has 3 rings (SSSR count). The van der Waals surface area contributed by atoms with Crippen molar-refractivity contribution in [2.45, 2.75) is 6.92 Å². The molecule has 1 heterocycles. The van der Waals surface area contributed by atoms with E-state index in [1.54, 1.807) is 43.8 Å². The van der Waals surface area contributed by atoms with Crippen molar-refractivity contribution in [3.8, 4) is 16.9 Å². The van der Waals surface area contributed by atoms with Crippen LogP contribution in [0, 0.1) is 0 Å². The summed E-state index contributed by atoms with van der Waals surface area (Å²) in [5, 5.41) is 5.55. The number of nitrogens with one attached hydrogen (secondary N) is 3. The lowest BCUT2D eigenvalue weighted by molar-refractivity contribution is -0.114. The number of carbonyl (C=O) groups excluding carboxylic acids is 2. The Bertz CT molecular complexity index is 929. The number of rotatable bonds is 5. The molecule has 2 amide bonds. The van der Waals surface area contributed by atoms with E-state index in [0.29, 0.717) is 22.7 Å². The highest BCUT2D eigenvalue weighted by Gasteiger charge is 2.16. The second-order valence-corrected chi connectivity index (χ2v) is 5.70. The Morgan fingerprint density at radius 1 is 0.885 bits per heavy atom. The van der Waals surface area contributed by atoms with E-state index in [2.05, 4.69) is 15.6 Å². The van der Waals surface area contributed by atoms with Gasteiger partial charge < -0.3 is 20.4 Å². The molecule has 26 heavy (non-hydrogen) atoms. The number of ether oxygens (including phenoxy) is 1. The fraction of sp³-hybridized carbons (Fsp3) is 0.100. The molecule has 0 saturated carbocycles. The molecule has 6 nitrogen and oxygen atoms in total. The molecule has 0 spiro atoms. The van der Waals surface area contributed by atoms with Crippen molar-refractivity contribution in [2.24, 2.45) is 0 Å². The molecule has 0 unspecified atom stereocenters. The maximum absolute atomic E-state index is 12.7. The minimum absolute atomic E-state index is 0.143. The number of methoxy groups -OCH3 is 1. The van der Waals surface area contributed by atoms with E-state index in [-0.39, 0.29) is 11.8 Å². The molecule has 0 fully saturated rings. The van der Waals surface area contributed by atoms with Crippen LogP contribution >= 0.6 is 0 Å². The normalized spacial score (nSPS) is 10.2. The summed E-state index contributed by atoms with van der Waals surface area (Å²) in [5.74, 6) is 0.316. The number of hydrogen-bond donors (Lipinski definition) is 3. The minimum atomic E-state index is -0.237. The molecule has 0 saturated heterocycles. The van der Waals surface area contributed by atoms with Crippen LogP contribution in [-0.4, -0.2) is 23.9 Å². The summed E-state index contributed by atoms with van der Waals surface area (Å²) in [6, 6.07) is 14.5. The van der Waals surface area contributed by atoms with Gasteiger partial charge in [-0.15, -0.1) is 0 Å². The van der Waals surface area contributed by atoms with Crippen LogP contribution in [0.25, 0.3) is 11.1 Å². The molecule has 6 heteroatoms. The van der Waals surface area contributed by atoms with Gasteiger partial charge in [-0.25, -0.2) is 0 Å². The Balaban J connectivity index is 1.81. The first-order valence-corrected chi connectivity index (χ1v) is 8.07. The van der Waals surface area contributed by atoms with Gasteiger partial charge in [-0.05, 0) is 30.3 Å². The fourth-order valence-electron chi connectivity index (χ4n) is 2.68. The van der Waals surface area contributed by atoms with Gasteiger partial charge in [0.15, 0.2) is 0 Å². The van der Waals surface area contributed by atoms with E-state index >= 15 is 0 Å². The van der Waals surface area contributed by atoms with Crippen molar-refractivity contribution in [2.75, 3.05) is 17.7 Å². The lowest BCUT2D eigenvalue weighted by Gasteiger charge is -2.10. The van der Waals surface area contributed by atoms with Crippen LogP contribution < -0.4 is 15.4 Å². The Labute approximate surface area is 151 Å². The molecule has 0 bridgehead atoms. The third kappa shape index (κ3) is 3.75. The van der Waals surface area contributed by atoms with Crippen LogP contribution in [-0.2, 0) is 4.79 Å². The number of benzene rings is 2. The first-order valence-electron chi connectivity index (χ1n) is 8.07. The molecule has 3 N–H and O–H groups in total. The summed E-state index contributed by atoms with van der Waals surface area (Å²) < 4.78 is 5.39. The number of anilines is 2. The van der Waals surface area contributed by atoms with Gasteiger partial charge in [0.2, 0.25) is 5.91 Å². The first-order chi connectivity index (χ1) is 12.6. The third-order valence-electron chi connectivity index (χ3n) is 3.85. The molecule has 0 aliphatic rings. The Hall–Kier alpha value is -3.54. The maximum atomic E-state index is 12.7. The predicted octanol–water partition coefficient (Wildman–Crippen LogP) is 3.90. The summed E-state index contributed by atoms with van der Waals surface area (Å²) in [5.41, 5.74) is 3.42. The zero-order chi connectivity index (χ0) is 18.5. The monoisotopic (exact) mass is 349 g/mol. The summed E-state index contributed by atoms with van der Waals surface area (Å²) in [7, 11) is 1.60. The molecule has 3 aromatic rings. The first kappa shape index (κ1) is 17.3. The van der Waals surface area contributed by atoms with E-state index < -0.39 is 0 Å². The van der Waals surface area contributed by atoms with Crippen LogP contribution in [0.5, 0.6) is 5.75 Å². The van der Waals surface area contributed by atoms with Crippen molar-refractivity contribution < 1.29 is 14.3 Å². The lowest BCUT2D eigenvalue weighted by Crippen LogP contribution is -2.12. The van der Waals surface area contributed by atoms with Crippen LogP contribution in [0.4, 0.5) is 11.4 Å². The Morgan fingerprint density at radius 3 is 2.19 bits per heavy atom. The smallest absolute Gasteiger partial charge is 0.257 e. The zero-order valence-corrected chi connectivity index (χ0v) is 14.5. The highest BCUT2D eigenvalue weighted by Crippen LogP contribution is 2.32. The molecule has 0 atom stereocenters. The van der Waals surface area contributed by atoms with Crippen molar-refractivity contribution in [3.63, 3.8) is 0 Å². The van der Waals surface area contributed by atoms with Gasteiger partial charge in [0.05, 0.1) is 12.7 Å². The molecule has 132 valence electrons. The van der Waals surface area contributed by atoms with Gasteiger partial charge in [0.1, 0.15) is 5.75 Å². The maximum Gasteiger partial charge on any atom is 0.257 e. The summed E-state index contributed by atoms with van der Waals surface area (Å²) >= 11 is 0. The van der Waals surface area contributed by atoms with Crippen molar-refractivity contribution >= 4 is 23.2 Å². The number of para-hydroxylation sites is 1. The van der Waals surface area contributed by atoms with Crippen LogP contribution in [0.15, 0.2) is 60.9 Å². The number of amides is 2. The Morgan fingerprint density at radius 2 is 1.54 bits per heavy atom. The largest absolute Gasteiger partial charge is 0.496 e. The van der Waals surface area contributed by atoms with Crippen LogP contribution in [0.3, 0.4) is 0 Å². The third-order valence-corrected chi connectivity index (χ3v) is 3.85. The predicted molar refractivity (Wildman–Crippen MR) is 101 cm³/mol. The number of H-pyrrole nitrogens is 1. The van der Waals surface area contributed by atoms with Gasteiger partial charge in [-0.2, -0.15) is 0 Å². The van der Waals surface area contributed by atoms with E-state index in [1.807, 2.05) is 24.3 Å². The summed E-state index contributed by atoms with van der Waals surface area (Å²) in [6.07, 6.45) is 3.43. The van der Waals surface area contributed by atoms with E-state index in [1.165, 1.54) is 6.92 Å². The molecule has 0 radical (unpaired) electrons. The van der Waals surface area contributed by atoms with Gasteiger partial charge in [0.25, 0.3) is 5.91 Å². The number of aromatic nitrogens is 1. The van der Waals surface area contributed by atoms with Gasteiger partial charge in [-0.1, -0.05) is 18.2 Å². The van der Waals surface area contributed by atoms with E-state index in [4.69, 9.17) is 4.74 Å². The molecule has 2 aromatic carbocycles. The van der Waals surface area contributed by atoms with E-state index in [9.17, 15) is 9.59 Å². The van der Waals surface area contributed by atoms with Crippen LogP contribution in [0.2, 0.25) is 0 Å². The van der Waals surface area contributed by atoms with Crippen LogP contribution in [0.1, 0.15) is 17.3 Å². The fourth-order valence-corrected chi connectivity index (χ4v) is 2.68. The average Bonchev–Trinajstić information content (AvgIpc) is 3.12. The number of carbonyl (C=O) groups is 2. The minimum Gasteiger partial charge on any atom is -0.496 e. The van der Waals surface area contributed by atoms with Gasteiger partial charge in [-0.3, -0.25) is 9.59 Å². The second kappa shape index (κ2) is 7.57. The molecule has 0 aliphatic heterocycles. The zero-order valence-electron chi connectivity index (χ0n) is 14.5. The number of aromatic amines is 1. The van der Waals surface area contributed by atoms with Crippen molar-refractivity contribution in [1.82, 2.24) is 4.98 Å². The second-order valence-electron chi connectivity index (χ2n) is 5.70. The lowest BCUT2D eigenvalue weighted by atomic mass is 10.0. The summed E-state index contributed by atoms with van der Waals surface area (Å²) in [6.45, 7) is 1.45. The molecular formula is C20H19N3O3. The SMILES string of the molecule is COc1ccccc1-c1c[nH]cc1C(=O)Nc1ccc(NC(C)=O)cc1. The van der Waals surface area contributed by atoms with Gasteiger partial charge >= 0.3 is 0 Å². The Kier molecular flexibility index (Phi) is 5.03. The van der Waals surface area contributed by atoms with Crippen molar-refractivity contribution in [3.05, 3.63) is 66.5 Å². The topological polar surface area (TPSA) is 83.2 Å². The highest BCUT2D eigenvalue weighted by molar-refractivity contribution is 6.09. The quantitative estimate of drug-likeness (QED) is 0.653. The standard InChI is InChI=1S/C20H19N3O3/c1-13(24)22-14-7-9-15(10-8-14)23-20(25)18-12-21-11-17(18)16-5-3-4-6-19(16)26-2/h3-12,21H,1-2H3,(H,22,24)(H,23,25). The average molecular weight is 349 g/mol. The molecule has 0 aliphatic carbocycles. The van der Waals surface area contributed by atoms with Crippen molar-refractivity contribution in [1.29, 1.82) is 0 Å². The number of hydrogen-bond acceptors (Lipinski definition) is 3. The van der Waals surface area contributed by atoms with Gasteiger partial charge in [0, 0.05) is 41.8 Å². The van der Waals surface area contributed by atoms with E-state index in [0.717, 1.165) is 11.1 Å². The summed E-state index contributed by atoms with van der Waals surface area (Å²) in [4.78, 5) is 26.7.